The number of nitrogens with zero attached hydrogens (tertiary/aromatic N) is 1. The standard InChI is InChI=1S/C17H22N2O2/c1-12(11-20)18-17(21)16-9-13(2)19(14(16)3)10-15-7-5-4-6-8-15/h4-9,12,20H,10-11H2,1-3H3,(H,18,21). The molecule has 0 radical (unpaired) electrons. The molecular formula is C17H22N2O2. The van der Waals surface area contributed by atoms with Crippen molar-refractivity contribution in [3.05, 3.63) is 58.9 Å². The molecule has 0 aliphatic carbocycles. The zero-order valence-electron chi connectivity index (χ0n) is 12.8. The van der Waals surface area contributed by atoms with Gasteiger partial charge in [-0.15, -0.1) is 0 Å². The predicted octanol–water partition coefficient (Wildman–Crippen LogP) is 2.26. The largest absolute Gasteiger partial charge is 0.394 e. The summed E-state index contributed by atoms with van der Waals surface area (Å²) in [6.07, 6.45) is 0. The van der Waals surface area contributed by atoms with Gasteiger partial charge in [-0.1, -0.05) is 30.3 Å². The van der Waals surface area contributed by atoms with Gasteiger partial charge in [0, 0.05) is 24.0 Å². The quantitative estimate of drug-likeness (QED) is 0.886. The lowest BCUT2D eigenvalue weighted by atomic mass is 10.2. The maximum Gasteiger partial charge on any atom is 0.253 e. The number of aliphatic hydroxyl groups excluding tert-OH is 1. The van der Waals surface area contributed by atoms with Gasteiger partial charge in [-0.05, 0) is 32.4 Å². The molecule has 2 N–H and O–H groups in total. The Labute approximate surface area is 125 Å². The average molecular weight is 286 g/mol. The fraction of sp³-hybridized carbons (Fsp3) is 0.353. The molecule has 0 bridgehead atoms. The van der Waals surface area contributed by atoms with Crippen LogP contribution in [0.3, 0.4) is 0 Å². The summed E-state index contributed by atoms with van der Waals surface area (Å²) in [6, 6.07) is 11.8. The molecule has 0 aliphatic heterocycles. The minimum absolute atomic E-state index is 0.0610. The molecule has 4 nitrogen and oxygen atoms in total. The maximum atomic E-state index is 12.2. The lowest BCUT2D eigenvalue weighted by molar-refractivity contribution is 0.0921. The highest BCUT2D eigenvalue weighted by atomic mass is 16.3. The van der Waals surface area contributed by atoms with Gasteiger partial charge >= 0.3 is 0 Å². The lowest BCUT2D eigenvalue weighted by Crippen LogP contribution is -2.35. The molecular weight excluding hydrogens is 264 g/mol. The van der Waals surface area contributed by atoms with Crippen LogP contribution < -0.4 is 5.32 Å². The van der Waals surface area contributed by atoms with Crippen LogP contribution in [0.4, 0.5) is 0 Å². The van der Waals surface area contributed by atoms with E-state index in [1.165, 1.54) is 5.56 Å². The van der Waals surface area contributed by atoms with Crippen LogP contribution in [-0.2, 0) is 6.54 Å². The van der Waals surface area contributed by atoms with Crippen LogP contribution in [0, 0.1) is 13.8 Å². The number of carbonyl (C=O) groups is 1. The number of amides is 1. The Bertz CT molecular complexity index is 617. The number of hydrogen-bond acceptors (Lipinski definition) is 2. The monoisotopic (exact) mass is 286 g/mol. The number of benzene rings is 1. The van der Waals surface area contributed by atoms with Crippen molar-refractivity contribution in [2.24, 2.45) is 0 Å². The highest BCUT2D eigenvalue weighted by Gasteiger charge is 2.17. The number of hydrogen-bond donors (Lipinski definition) is 2. The van der Waals surface area contributed by atoms with Gasteiger partial charge in [-0.2, -0.15) is 0 Å². The predicted molar refractivity (Wildman–Crippen MR) is 83.5 cm³/mol. The van der Waals surface area contributed by atoms with Crippen LogP contribution in [0.5, 0.6) is 0 Å². The van der Waals surface area contributed by atoms with Crippen LogP contribution in [0.15, 0.2) is 36.4 Å². The Kier molecular flexibility index (Phi) is 4.81. The number of aromatic nitrogens is 1. The molecule has 1 aromatic carbocycles. The molecule has 1 heterocycles. The summed E-state index contributed by atoms with van der Waals surface area (Å²) in [5.41, 5.74) is 3.87. The van der Waals surface area contributed by atoms with Gasteiger partial charge in [0.2, 0.25) is 0 Å². The molecule has 0 aliphatic rings. The zero-order valence-corrected chi connectivity index (χ0v) is 12.8. The van der Waals surface area contributed by atoms with E-state index in [0.29, 0.717) is 5.56 Å². The van der Waals surface area contributed by atoms with Crippen molar-refractivity contribution in [1.29, 1.82) is 0 Å². The van der Waals surface area contributed by atoms with E-state index in [1.54, 1.807) is 6.92 Å². The SMILES string of the molecule is Cc1cc(C(=O)NC(C)CO)c(C)n1Cc1ccccc1. The van der Waals surface area contributed by atoms with Gasteiger partial charge in [-0.3, -0.25) is 4.79 Å². The molecule has 1 aromatic heterocycles. The highest BCUT2D eigenvalue weighted by molar-refractivity contribution is 5.95. The number of carbonyl (C=O) groups excluding carboxylic acids is 1. The van der Waals surface area contributed by atoms with E-state index in [2.05, 4.69) is 22.0 Å². The van der Waals surface area contributed by atoms with Crippen molar-refractivity contribution >= 4 is 5.91 Å². The van der Waals surface area contributed by atoms with Crippen molar-refractivity contribution in [3.63, 3.8) is 0 Å². The zero-order chi connectivity index (χ0) is 15.4. The summed E-state index contributed by atoms with van der Waals surface area (Å²) >= 11 is 0. The molecule has 2 aromatic rings. The Morgan fingerprint density at radius 2 is 1.95 bits per heavy atom. The second kappa shape index (κ2) is 6.59. The van der Waals surface area contributed by atoms with Gasteiger partial charge in [0.25, 0.3) is 5.91 Å². The third kappa shape index (κ3) is 3.52. The van der Waals surface area contributed by atoms with E-state index >= 15 is 0 Å². The molecule has 1 atom stereocenters. The summed E-state index contributed by atoms with van der Waals surface area (Å²) in [6.45, 7) is 6.42. The smallest absolute Gasteiger partial charge is 0.253 e. The number of aliphatic hydroxyl groups is 1. The minimum atomic E-state index is -0.241. The molecule has 4 heteroatoms. The Morgan fingerprint density at radius 3 is 2.57 bits per heavy atom. The van der Waals surface area contributed by atoms with E-state index < -0.39 is 0 Å². The van der Waals surface area contributed by atoms with E-state index in [1.807, 2.05) is 38.1 Å². The Hall–Kier alpha value is -2.07. The summed E-state index contributed by atoms with van der Waals surface area (Å²) in [5, 5.41) is 11.8. The van der Waals surface area contributed by atoms with Crippen molar-refractivity contribution in [2.45, 2.75) is 33.4 Å². The van der Waals surface area contributed by atoms with E-state index in [-0.39, 0.29) is 18.6 Å². The fourth-order valence-electron chi connectivity index (χ4n) is 2.39. The average Bonchev–Trinajstić information content (AvgIpc) is 2.76. The van der Waals surface area contributed by atoms with Crippen molar-refractivity contribution in [2.75, 3.05) is 6.61 Å². The summed E-state index contributed by atoms with van der Waals surface area (Å²) < 4.78 is 2.13. The first-order valence-electron chi connectivity index (χ1n) is 7.15. The van der Waals surface area contributed by atoms with Crippen LogP contribution in [0.1, 0.15) is 34.2 Å². The molecule has 112 valence electrons. The first-order chi connectivity index (χ1) is 10.0. The molecule has 2 rings (SSSR count). The molecule has 1 unspecified atom stereocenters. The van der Waals surface area contributed by atoms with Crippen molar-refractivity contribution < 1.29 is 9.90 Å². The molecule has 21 heavy (non-hydrogen) atoms. The number of aryl methyl sites for hydroxylation is 1. The molecule has 0 spiro atoms. The second-order valence-electron chi connectivity index (χ2n) is 5.41. The maximum absolute atomic E-state index is 12.2. The summed E-state index contributed by atoms with van der Waals surface area (Å²) in [5.74, 6) is -0.135. The third-order valence-corrected chi connectivity index (χ3v) is 3.65. The van der Waals surface area contributed by atoms with Crippen molar-refractivity contribution in [3.8, 4) is 0 Å². The lowest BCUT2D eigenvalue weighted by Gasteiger charge is -2.12. The topological polar surface area (TPSA) is 54.3 Å². The highest BCUT2D eigenvalue weighted by Crippen LogP contribution is 2.17. The van der Waals surface area contributed by atoms with Crippen molar-refractivity contribution in [1.82, 2.24) is 9.88 Å². The summed E-state index contributed by atoms with van der Waals surface area (Å²) in [4.78, 5) is 12.2. The first-order valence-corrected chi connectivity index (χ1v) is 7.15. The van der Waals surface area contributed by atoms with E-state index in [9.17, 15) is 4.79 Å². The molecule has 0 saturated carbocycles. The van der Waals surface area contributed by atoms with Gasteiger partial charge in [0.15, 0.2) is 0 Å². The summed E-state index contributed by atoms with van der Waals surface area (Å²) in [7, 11) is 0. The van der Waals surface area contributed by atoms with Crippen LogP contribution >= 0.6 is 0 Å². The third-order valence-electron chi connectivity index (χ3n) is 3.65. The van der Waals surface area contributed by atoms with Gasteiger partial charge in [0.05, 0.1) is 12.2 Å². The molecule has 0 fully saturated rings. The molecule has 1 amide bonds. The second-order valence-corrected chi connectivity index (χ2v) is 5.41. The van der Waals surface area contributed by atoms with E-state index in [0.717, 1.165) is 17.9 Å². The molecule has 0 saturated heterocycles. The van der Waals surface area contributed by atoms with Crippen LogP contribution in [-0.4, -0.2) is 28.2 Å². The number of nitrogens with one attached hydrogen (secondary N) is 1. The first kappa shape index (κ1) is 15.3. The number of rotatable bonds is 5. The van der Waals surface area contributed by atoms with E-state index in [4.69, 9.17) is 5.11 Å². The Morgan fingerprint density at radius 1 is 1.29 bits per heavy atom. The minimum Gasteiger partial charge on any atom is -0.394 e. The van der Waals surface area contributed by atoms with Gasteiger partial charge < -0.3 is 15.0 Å². The van der Waals surface area contributed by atoms with Gasteiger partial charge in [0.1, 0.15) is 0 Å². The van der Waals surface area contributed by atoms with Gasteiger partial charge in [-0.25, -0.2) is 0 Å². The van der Waals surface area contributed by atoms with Crippen LogP contribution in [0.25, 0.3) is 0 Å². The normalized spacial score (nSPS) is 12.2. The van der Waals surface area contributed by atoms with Crippen LogP contribution in [0.2, 0.25) is 0 Å². The Balaban J connectivity index is 2.23. The fourth-order valence-corrected chi connectivity index (χ4v) is 2.39.